The molecule has 0 radical (unpaired) electrons. The monoisotopic (exact) mass is 260 g/mol. The third-order valence-corrected chi connectivity index (χ3v) is 4.91. The van der Waals surface area contributed by atoms with Gasteiger partial charge < -0.3 is 0 Å². The van der Waals surface area contributed by atoms with Crippen molar-refractivity contribution in [2.75, 3.05) is 5.75 Å². The van der Waals surface area contributed by atoms with Gasteiger partial charge in [-0.1, -0.05) is 12.1 Å². The molecule has 1 N–H and O–H groups in total. The molecule has 4 heteroatoms. The number of thioether (sulfide) groups is 1. The predicted octanol–water partition coefficient (Wildman–Crippen LogP) is 2.64. The Bertz CT molecular complexity index is 551. The predicted molar refractivity (Wildman–Crippen MR) is 74.0 cm³/mol. The summed E-state index contributed by atoms with van der Waals surface area (Å²) in [6.07, 6.45) is 1.61. The molecule has 2 aliphatic heterocycles. The highest BCUT2D eigenvalue weighted by molar-refractivity contribution is 7.99. The van der Waals surface area contributed by atoms with Gasteiger partial charge in [-0.25, -0.2) is 5.43 Å². The highest BCUT2D eigenvalue weighted by atomic mass is 32.2. The first-order valence-corrected chi connectivity index (χ1v) is 7.25. The van der Waals surface area contributed by atoms with E-state index in [0.717, 1.165) is 17.9 Å². The second-order valence-corrected chi connectivity index (χ2v) is 6.08. The van der Waals surface area contributed by atoms with Crippen molar-refractivity contribution >= 4 is 23.4 Å². The molecule has 3 rings (SSSR count). The average molecular weight is 260 g/mol. The van der Waals surface area contributed by atoms with E-state index in [0.29, 0.717) is 6.42 Å². The lowest BCUT2D eigenvalue weighted by Crippen LogP contribution is -2.33. The number of nitrogens with zero attached hydrogens (tertiary/aromatic N) is 1. The van der Waals surface area contributed by atoms with Gasteiger partial charge in [-0.2, -0.15) is 5.10 Å². The van der Waals surface area contributed by atoms with Crippen molar-refractivity contribution in [3.05, 3.63) is 28.8 Å². The third kappa shape index (κ3) is 1.85. The molecular formula is C14H16N2OS. The van der Waals surface area contributed by atoms with Crippen molar-refractivity contribution in [2.24, 2.45) is 11.0 Å². The molecule has 3 nitrogen and oxygen atoms in total. The summed E-state index contributed by atoms with van der Waals surface area (Å²) in [5, 5.41) is 4.34. The molecule has 18 heavy (non-hydrogen) atoms. The van der Waals surface area contributed by atoms with E-state index in [1.165, 1.54) is 21.6 Å². The van der Waals surface area contributed by atoms with Crippen molar-refractivity contribution in [1.82, 2.24) is 5.43 Å². The Morgan fingerprint density at radius 2 is 2.11 bits per heavy atom. The molecule has 2 aliphatic rings. The fourth-order valence-electron chi connectivity index (χ4n) is 2.67. The first kappa shape index (κ1) is 11.8. The number of amides is 1. The maximum Gasteiger partial charge on any atom is 0.240 e. The summed E-state index contributed by atoms with van der Waals surface area (Å²) in [5.41, 5.74) is 7.53. The minimum Gasteiger partial charge on any atom is -0.273 e. The quantitative estimate of drug-likeness (QED) is 0.779. The number of aryl methyl sites for hydroxylation is 2. The first-order chi connectivity index (χ1) is 8.66. The van der Waals surface area contributed by atoms with Gasteiger partial charge in [-0.05, 0) is 37.1 Å². The summed E-state index contributed by atoms with van der Waals surface area (Å²) in [5.74, 6) is 1.39. The van der Waals surface area contributed by atoms with Crippen LogP contribution in [0.1, 0.15) is 29.5 Å². The Morgan fingerprint density at radius 3 is 2.94 bits per heavy atom. The zero-order valence-electron chi connectivity index (χ0n) is 10.6. The summed E-state index contributed by atoms with van der Waals surface area (Å²) in [6, 6.07) is 4.32. The summed E-state index contributed by atoms with van der Waals surface area (Å²) >= 11 is 1.90. The van der Waals surface area contributed by atoms with E-state index in [4.69, 9.17) is 0 Å². The van der Waals surface area contributed by atoms with E-state index in [1.807, 2.05) is 11.8 Å². The molecule has 0 saturated heterocycles. The van der Waals surface area contributed by atoms with E-state index in [-0.39, 0.29) is 11.8 Å². The van der Waals surface area contributed by atoms with Crippen molar-refractivity contribution in [3.8, 4) is 0 Å². The van der Waals surface area contributed by atoms with Gasteiger partial charge in [0.15, 0.2) is 0 Å². The van der Waals surface area contributed by atoms with Gasteiger partial charge in [0.2, 0.25) is 5.91 Å². The summed E-state index contributed by atoms with van der Waals surface area (Å²) in [4.78, 5) is 12.8. The van der Waals surface area contributed by atoms with Crippen molar-refractivity contribution in [2.45, 2.75) is 31.6 Å². The topological polar surface area (TPSA) is 41.5 Å². The van der Waals surface area contributed by atoms with Crippen LogP contribution in [0.5, 0.6) is 0 Å². The Morgan fingerprint density at radius 1 is 1.33 bits per heavy atom. The van der Waals surface area contributed by atoms with E-state index in [2.05, 4.69) is 36.5 Å². The van der Waals surface area contributed by atoms with Crippen LogP contribution in [0.4, 0.5) is 0 Å². The Balaban J connectivity index is 2.19. The largest absolute Gasteiger partial charge is 0.273 e. The maximum absolute atomic E-state index is 11.5. The Labute approximate surface area is 111 Å². The van der Waals surface area contributed by atoms with Crippen LogP contribution in [0.25, 0.3) is 0 Å². The standard InChI is InChI=1S/C14H16N2OS/c1-8-3-4-9(2)14-12(8)13-10(5-6-18-14)7-11(17)15-16-13/h3-4,10H,5-7H2,1-2H3,(H,15,17). The number of benzene rings is 1. The lowest BCUT2D eigenvalue weighted by molar-refractivity contribution is -0.122. The zero-order valence-corrected chi connectivity index (χ0v) is 11.4. The van der Waals surface area contributed by atoms with Crippen LogP contribution in [0, 0.1) is 19.8 Å². The number of hydrazone groups is 1. The SMILES string of the molecule is Cc1ccc(C)c2c1SCCC1CC(=O)NN=C21. The molecule has 1 aromatic carbocycles. The van der Waals surface area contributed by atoms with Gasteiger partial charge in [0.05, 0.1) is 5.71 Å². The summed E-state index contributed by atoms with van der Waals surface area (Å²) in [6.45, 7) is 4.27. The molecule has 0 bridgehead atoms. The fourth-order valence-corrected chi connectivity index (χ4v) is 3.98. The highest BCUT2D eigenvalue weighted by Gasteiger charge is 2.30. The Kier molecular flexibility index (Phi) is 2.90. The number of hydrogen-bond donors (Lipinski definition) is 1. The van der Waals surface area contributed by atoms with Gasteiger partial charge in [-0.15, -0.1) is 11.8 Å². The van der Waals surface area contributed by atoms with Crippen LogP contribution in [0.15, 0.2) is 22.1 Å². The van der Waals surface area contributed by atoms with Crippen LogP contribution < -0.4 is 5.43 Å². The summed E-state index contributed by atoms with van der Waals surface area (Å²) in [7, 11) is 0. The van der Waals surface area contributed by atoms with Crippen molar-refractivity contribution in [1.29, 1.82) is 0 Å². The van der Waals surface area contributed by atoms with Crippen LogP contribution in [-0.2, 0) is 4.79 Å². The van der Waals surface area contributed by atoms with E-state index < -0.39 is 0 Å². The molecule has 0 saturated carbocycles. The molecule has 1 unspecified atom stereocenters. The van der Waals surface area contributed by atoms with Gasteiger partial charge in [0.25, 0.3) is 0 Å². The number of fused-ring (bicyclic) bond motifs is 3. The van der Waals surface area contributed by atoms with Crippen molar-refractivity contribution in [3.63, 3.8) is 0 Å². The van der Waals surface area contributed by atoms with Crippen LogP contribution in [0.3, 0.4) is 0 Å². The van der Waals surface area contributed by atoms with Gasteiger partial charge in [0.1, 0.15) is 0 Å². The lowest BCUT2D eigenvalue weighted by Gasteiger charge is -2.22. The molecule has 1 atom stereocenters. The van der Waals surface area contributed by atoms with E-state index in [9.17, 15) is 4.79 Å². The molecule has 0 fully saturated rings. The molecule has 0 aromatic heterocycles. The molecule has 94 valence electrons. The minimum absolute atomic E-state index is 0.0440. The van der Waals surface area contributed by atoms with E-state index in [1.54, 1.807) is 0 Å². The third-order valence-electron chi connectivity index (χ3n) is 3.65. The van der Waals surface area contributed by atoms with Crippen LogP contribution in [0.2, 0.25) is 0 Å². The number of hydrogen-bond acceptors (Lipinski definition) is 3. The smallest absolute Gasteiger partial charge is 0.240 e. The second-order valence-electron chi connectivity index (χ2n) is 4.97. The number of rotatable bonds is 0. The summed E-state index contributed by atoms with van der Waals surface area (Å²) < 4.78 is 0. The van der Waals surface area contributed by atoms with E-state index >= 15 is 0 Å². The van der Waals surface area contributed by atoms with Crippen LogP contribution >= 0.6 is 11.8 Å². The van der Waals surface area contributed by atoms with Crippen molar-refractivity contribution < 1.29 is 4.79 Å². The molecular weight excluding hydrogens is 244 g/mol. The second kappa shape index (κ2) is 4.43. The normalized spacial score (nSPS) is 22.4. The van der Waals surface area contributed by atoms with Gasteiger partial charge in [0, 0.05) is 22.8 Å². The maximum atomic E-state index is 11.5. The number of carbonyl (C=O) groups excluding carboxylic acids is 1. The van der Waals surface area contributed by atoms with Crippen LogP contribution in [-0.4, -0.2) is 17.4 Å². The fraction of sp³-hybridized carbons (Fsp3) is 0.429. The van der Waals surface area contributed by atoms with Gasteiger partial charge in [-0.3, -0.25) is 4.79 Å². The number of carbonyl (C=O) groups is 1. The highest BCUT2D eigenvalue weighted by Crippen LogP contribution is 2.37. The molecule has 0 spiro atoms. The Hall–Kier alpha value is -1.29. The average Bonchev–Trinajstić information content (AvgIpc) is 2.53. The lowest BCUT2D eigenvalue weighted by atomic mass is 9.87. The first-order valence-electron chi connectivity index (χ1n) is 6.26. The van der Waals surface area contributed by atoms with Gasteiger partial charge >= 0.3 is 0 Å². The number of nitrogens with one attached hydrogen (secondary N) is 1. The molecule has 1 amide bonds. The zero-order chi connectivity index (χ0) is 12.7. The minimum atomic E-state index is 0.0440. The molecule has 1 aromatic rings. The molecule has 0 aliphatic carbocycles. The molecule has 2 heterocycles.